The van der Waals surface area contributed by atoms with E-state index in [-0.39, 0.29) is 0 Å². The second kappa shape index (κ2) is 5.52. The normalized spacial score (nSPS) is 12.6. The fraction of sp³-hybridized carbons (Fsp3) is 0.273. The van der Waals surface area contributed by atoms with Crippen molar-refractivity contribution in [2.24, 2.45) is 0 Å². The van der Waals surface area contributed by atoms with Crippen molar-refractivity contribution >= 4 is 27.3 Å². The molecule has 2 aromatic heterocycles. The van der Waals surface area contributed by atoms with Gasteiger partial charge < -0.3 is 5.32 Å². The van der Waals surface area contributed by atoms with E-state index in [0.29, 0.717) is 6.04 Å². The smallest absolute Gasteiger partial charge is 0.0769 e. The third kappa shape index (κ3) is 3.10. The average Bonchev–Trinajstić information content (AvgIpc) is 2.74. The van der Waals surface area contributed by atoms with Crippen LogP contribution in [0.3, 0.4) is 0 Å². The van der Waals surface area contributed by atoms with Crippen LogP contribution in [0.4, 0.5) is 0 Å². The standard InChI is InChI=1S/C11H12BrN3S/c1-8(10-4-5-11(12)16-10)13-7-9-3-2-6-14-15-9/h2-6,8,13H,7H2,1H3. The lowest BCUT2D eigenvalue weighted by molar-refractivity contribution is 0.571. The van der Waals surface area contributed by atoms with Gasteiger partial charge in [-0.15, -0.1) is 11.3 Å². The van der Waals surface area contributed by atoms with Gasteiger partial charge in [0.2, 0.25) is 0 Å². The van der Waals surface area contributed by atoms with Crippen LogP contribution in [0.25, 0.3) is 0 Å². The van der Waals surface area contributed by atoms with Crippen LogP contribution in [-0.2, 0) is 6.54 Å². The zero-order valence-corrected chi connectivity index (χ0v) is 11.3. The van der Waals surface area contributed by atoms with E-state index in [2.05, 4.69) is 50.5 Å². The Labute approximate surface area is 107 Å². The topological polar surface area (TPSA) is 37.8 Å². The molecule has 0 aliphatic carbocycles. The van der Waals surface area contributed by atoms with Crippen molar-refractivity contribution in [1.82, 2.24) is 15.5 Å². The van der Waals surface area contributed by atoms with E-state index in [1.807, 2.05) is 12.1 Å². The van der Waals surface area contributed by atoms with Gasteiger partial charge in [0.1, 0.15) is 0 Å². The molecule has 5 heteroatoms. The van der Waals surface area contributed by atoms with Crippen LogP contribution in [0.1, 0.15) is 23.5 Å². The summed E-state index contributed by atoms with van der Waals surface area (Å²) in [6.07, 6.45) is 1.68. The van der Waals surface area contributed by atoms with Crippen molar-refractivity contribution in [3.8, 4) is 0 Å². The minimum Gasteiger partial charge on any atom is -0.304 e. The summed E-state index contributed by atoms with van der Waals surface area (Å²) in [5.74, 6) is 0. The van der Waals surface area contributed by atoms with E-state index in [9.17, 15) is 0 Å². The largest absolute Gasteiger partial charge is 0.304 e. The molecule has 0 radical (unpaired) electrons. The van der Waals surface area contributed by atoms with Gasteiger partial charge in [-0.3, -0.25) is 0 Å². The van der Waals surface area contributed by atoms with Gasteiger partial charge >= 0.3 is 0 Å². The molecule has 0 aliphatic rings. The summed E-state index contributed by atoms with van der Waals surface area (Å²) in [6, 6.07) is 8.40. The van der Waals surface area contributed by atoms with Crippen LogP contribution in [-0.4, -0.2) is 10.2 Å². The number of nitrogens with one attached hydrogen (secondary N) is 1. The molecular formula is C11H12BrN3S. The van der Waals surface area contributed by atoms with Crippen molar-refractivity contribution < 1.29 is 0 Å². The molecule has 2 heterocycles. The first-order chi connectivity index (χ1) is 7.75. The lowest BCUT2D eigenvalue weighted by Gasteiger charge is -2.10. The van der Waals surface area contributed by atoms with Crippen LogP contribution in [0.15, 0.2) is 34.2 Å². The van der Waals surface area contributed by atoms with Crippen molar-refractivity contribution in [3.63, 3.8) is 0 Å². The molecule has 0 bridgehead atoms. The minimum atomic E-state index is 0.332. The quantitative estimate of drug-likeness (QED) is 0.942. The summed E-state index contributed by atoms with van der Waals surface area (Å²) in [7, 11) is 0. The van der Waals surface area contributed by atoms with Crippen molar-refractivity contribution in [1.29, 1.82) is 0 Å². The maximum Gasteiger partial charge on any atom is 0.0769 e. The first-order valence-electron chi connectivity index (χ1n) is 5.01. The summed E-state index contributed by atoms with van der Waals surface area (Å²) < 4.78 is 1.16. The van der Waals surface area contributed by atoms with Gasteiger partial charge in [-0.05, 0) is 47.1 Å². The van der Waals surface area contributed by atoms with E-state index in [1.54, 1.807) is 17.5 Å². The number of halogens is 1. The van der Waals surface area contributed by atoms with E-state index >= 15 is 0 Å². The average molecular weight is 298 g/mol. The molecule has 0 saturated carbocycles. The van der Waals surface area contributed by atoms with E-state index in [1.165, 1.54) is 4.88 Å². The highest BCUT2D eigenvalue weighted by Gasteiger charge is 2.07. The Bertz CT molecular complexity index is 444. The van der Waals surface area contributed by atoms with Crippen LogP contribution >= 0.6 is 27.3 Å². The minimum absolute atomic E-state index is 0.332. The lowest BCUT2D eigenvalue weighted by atomic mass is 10.2. The Kier molecular flexibility index (Phi) is 4.04. The second-order valence-electron chi connectivity index (χ2n) is 3.46. The molecule has 3 nitrogen and oxygen atoms in total. The number of rotatable bonds is 4. The van der Waals surface area contributed by atoms with Gasteiger partial charge in [-0.2, -0.15) is 10.2 Å². The second-order valence-corrected chi connectivity index (χ2v) is 5.95. The third-order valence-corrected chi connectivity index (χ3v) is 4.04. The highest BCUT2D eigenvalue weighted by molar-refractivity contribution is 9.11. The molecule has 0 aliphatic heterocycles. The SMILES string of the molecule is CC(NCc1cccnn1)c1ccc(Br)s1. The van der Waals surface area contributed by atoms with Crippen LogP contribution in [0.2, 0.25) is 0 Å². The van der Waals surface area contributed by atoms with Gasteiger partial charge in [-0.1, -0.05) is 0 Å². The predicted molar refractivity (Wildman–Crippen MR) is 69.3 cm³/mol. The molecule has 84 valence electrons. The zero-order valence-electron chi connectivity index (χ0n) is 8.85. The third-order valence-electron chi connectivity index (χ3n) is 2.24. The van der Waals surface area contributed by atoms with Crippen LogP contribution in [0.5, 0.6) is 0 Å². The summed E-state index contributed by atoms with van der Waals surface area (Å²) in [5.41, 5.74) is 0.963. The van der Waals surface area contributed by atoms with Gasteiger partial charge in [0.15, 0.2) is 0 Å². The fourth-order valence-corrected chi connectivity index (χ4v) is 2.80. The van der Waals surface area contributed by atoms with E-state index in [4.69, 9.17) is 0 Å². The summed E-state index contributed by atoms with van der Waals surface area (Å²) in [6.45, 7) is 2.89. The first kappa shape index (κ1) is 11.7. The molecule has 1 N–H and O–H groups in total. The first-order valence-corrected chi connectivity index (χ1v) is 6.62. The van der Waals surface area contributed by atoms with Crippen molar-refractivity contribution in [2.45, 2.75) is 19.5 Å². The number of hydrogen-bond acceptors (Lipinski definition) is 4. The van der Waals surface area contributed by atoms with Gasteiger partial charge in [0.25, 0.3) is 0 Å². The van der Waals surface area contributed by atoms with Gasteiger partial charge in [0.05, 0.1) is 9.48 Å². The fourth-order valence-electron chi connectivity index (χ4n) is 1.35. The lowest BCUT2D eigenvalue weighted by Crippen LogP contribution is -2.18. The molecule has 16 heavy (non-hydrogen) atoms. The summed E-state index contributed by atoms with van der Waals surface area (Å²) >= 11 is 5.21. The van der Waals surface area contributed by atoms with Gasteiger partial charge in [-0.25, -0.2) is 0 Å². The Morgan fingerprint density at radius 3 is 2.94 bits per heavy atom. The summed E-state index contributed by atoms with van der Waals surface area (Å²) in [4.78, 5) is 1.32. The highest BCUT2D eigenvalue weighted by atomic mass is 79.9. The maximum absolute atomic E-state index is 4.03. The molecule has 0 saturated heterocycles. The van der Waals surface area contributed by atoms with Crippen molar-refractivity contribution in [3.05, 3.63) is 44.8 Å². The zero-order chi connectivity index (χ0) is 11.4. The number of hydrogen-bond donors (Lipinski definition) is 1. The summed E-state index contributed by atoms with van der Waals surface area (Å²) in [5, 5.41) is 11.3. The monoisotopic (exact) mass is 297 g/mol. The molecule has 2 rings (SSSR count). The van der Waals surface area contributed by atoms with Crippen LogP contribution in [0, 0.1) is 0 Å². The Hall–Kier alpha value is -0.780. The highest BCUT2D eigenvalue weighted by Crippen LogP contribution is 2.27. The molecule has 0 amide bonds. The Morgan fingerprint density at radius 2 is 2.31 bits per heavy atom. The van der Waals surface area contributed by atoms with Crippen molar-refractivity contribution in [2.75, 3.05) is 0 Å². The van der Waals surface area contributed by atoms with Crippen LogP contribution < -0.4 is 5.32 Å². The predicted octanol–water partition coefficient (Wildman–Crippen LogP) is 3.15. The number of nitrogens with zero attached hydrogens (tertiary/aromatic N) is 2. The molecule has 1 atom stereocenters. The molecule has 0 aromatic carbocycles. The molecule has 0 spiro atoms. The molecular weight excluding hydrogens is 286 g/mol. The van der Waals surface area contributed by atoms with E-state index < -0.39 is 0 Å². The Morgan fingerprint density at radius 1 is 1.44 bits per heavy atom. The maximum atomic E-state index is 4.03. The van der Waals surface area contributed by atoms with Gasteiger partial charge in [0, 0.05) is 23.7 Å². The number of aromatic nitrogens is 2. The molecule has 2 aromatic rings. The van der Waals surface area contributed by atoms with E-state index in [0.717, 1.165) is 16.0 Å². The molecule has 0 fully saturated rings. The Balaban J connectivity index is 1.91. The number of thiophene rings is 1. The molecule has 1 unspecified atom stereocenters.